The van der Waals surface area contributed by atoms with E-state index in [0.717, 1.165) is 17.1 Å². The molecule has 29 heavy (non-hydrogen) atoms. The van der Waals surface area contributed by atoms with Gasteiger partial charge in [-0.15, -0.1) is 10.2 Å². The minimum atomic E-state index is -0.238. The highest BCUT2D eigenvalue weighted by Crippen LogP contribution is 2.21. The molecule has 0 fully saturated rings. The second-order valence-corrected chi connectivity index (χ2v) is 7.60. The highest BCUT2D eigenvalue weighted by atomic mass is 32.2. The molecule has 0 unspecified atom stereocenters. The van der Waals surface area contributed by atoms with Gasteiger partial charge in [-0.25, -0.2) is 0 Å². The van der Waals surface area contributed by atoms with Crippen molar-refractivity contribution in [3.63, 3.8) is 0 Å². The summed E-state index contributed by atoms with van der Waals surface area (Å²) in [5.74, 6) is 0.517. The molecule has 0 radical (unpaired) electrons. The maximum atomic E-state index is 12.5. The molecule has 7 nitrogen and oxygen atoms in total. The fraction of sp³-hybridized carbons (Fsp3) is 0.238. The smallest absolute Gasteiger partial charge is 0.243 e. The monoisotopic (exact) mass is 409 g/mol. The molecule has 1 aromatic heterocycles. The predicted molar refractivity (Wildman–Crippen MR) is 114 cm³/mol. The summed E-state index contributed by atoms with van der Waals surface area (Å²) in [6, 6.07) is 17.3. The van der Waals surface area contributed by atoms with E-state index in [2.05, 4.69) is 15.5 Å². The van der Waals surface area contributed by atoms with Crippen molar-refractivity contribution in [1.29, 1.82) is 0 Å². The second kappa shape index (κ2) is 9.38. The summed E-state index contributed by atoms with van der Waals surface area (Å²) < 4.78 is 1.90. The van der Waals surface area contributed by atoms with Crippen molar-refractivity contribution in [2.75, 3.05) is 24.7 Å². The summed E-state index contributed by atoms with van der Waals surface area (Å²) in [6.07, 6.45) is 0. The van der Waals surface area contributed by atoms with E-state index < -0.39 is 0 Å². The number of carbonyl (C=O) groups is 2. The second-order valence-electron chi connectivity index (χ2n) is 6.65. The van der Waals surface area contributed by atoms with Gasteiger partial charge in [0.1, 0.15) is 5.82 Å². The van der Waals surface area contributed by atoms with Gasteiger partial charge in [0.15, 0.2) is 5.16 Å². The summed E-state index contributed by atoms with van der Waals surface area (Å²) in [4.78, 5) is 26.1. The molecular formula is C21H23N5O2S. The van der Waals surface area contributed by atoms with Crippen LogP contribution in [0.25, 0.3) is 5.69 Å². The number of thioether (sulfide) groups is 1. The van der Waals surface area contributed by atoms with Crippen molar-refractivity contribution >= 4 is 29.3 Å². The fourth-order valence-electron chi connectivity index (χ4n) is 2.69. The van der Waals surface area contributed by atoms with Crippen molar-refractivity contribution in [2.45, 2.75) is 19.0 Å². The third-order valence-corrected chi connectivity index (χ3v) is 5.19. The Morgan fingerprint density at radius 1 is 1.03 bits per heavy atom. The zero-order valence-electron chi connectivity index (χ0n) is 16.6. The van der Waals surface area contributed by atoms with Crippen LogP contribution in [0.15, 0.2) is 59.8 Å². The van der Waals surface area contributed by atoms with E-state index >= 15 is 0 Å². The number of nitrogens with one attached hydrogen (secondary N) is 1. The van der Waals surface area contributed by atoms with Gasteiger partial charge in [-0.05, 0) is 38.1 Å². The topological polar surface area (TPSA) is 80.1 Å². The number of benzene rings is 2. The Kier molecular flexibility index (Phi) is 6.66. The Hall–Kier alpha value is -3.13. The molecule has 8 heteroatoms. The van der Waals surface area contributed by atoms with E-state index in [9.17, 15) is 9.59 Å². The van der Waals surface area contributed by atoms with Crippen LogP contribution in [0, 0.1) is 13.8 Å². The van der Waals surface area contributed by atoms with Gasteiger partial charge >= 0.3 is 0 Å². The zero-order chi connectivity index (χ0) is 20.8. The van der Waals surface area contributed by atoms with E-state index in [-0.39, 0.29) is 24.1 Å². The van der Waals surface area contributed by atoms with Crippen LogP contribution in [0.2, 0.25) is 0 Å². The minimum absolute atomic E-state index is 0.0162. The number of hydrogen-bond donors (Lipinski definition) is 1. The minimum Gasteiger partial charge on any atom is -0.336 e. The summed E-state index contributed by atoms with van der Waals surface area (Å²) in [5.41, 5.74) is 2.77. The maximum absolute atomic E-state index is 12.5. The number of aromatic nitrogens is 3. The van der Waals surface area contributed by atoms with Gasteiger partial charge in [0.25, 0.3) is 0 Å². The number of hydrogen-bond acceptors (Lipinski definition) is 5. The Balaban J connectivity index is 1.55. The van der Waals surface area contributed by atoms with Crippen molar-refractivity contribution in [3.05, 3.63) is 66.0 Å². The van der Waals surface area contributed by atoms with Crippen LogP contribution in [-0.4, -0.2) is 50.8 Å². The highest BCUT2D eigenvalue weighted by molar-refractivity contribution is 7.99. The number of amides is 2. The normalized spacial score (nSPS) is 10.6. The maximum Gasteiger partial charge on any atom is 0.243 e. The summed E-state index contributed by atoms with van der Waals surface area (Å²) in [6.45, 7) is 3.83. The van der Waals surface area contributed by atoms with Crippen LogP contribution in [0.1, 0.15) is 11.4 Å². The SMILES string of the molecule is Cc1ccc(NC(=O)CN(C)C(=O)CSc2nnc(C)n2-c2ccccc2)cc1. The summed E-state index contributed by atoms with van der Waals surface area (Å²) in [5, 5.41) is 11.7. The van der Waals surface area contributed by atoms with E-state index in [1.807, 2.05) is 73.0 Å². The number of nitrogens with zero attached hydrogens (tertiary/aromatic N) is 4. The Morgan fingerprint density at radius 2 is 1.72 bits per heavy atom. The fourth-order valence-corrected chi connectivity index (χ4v) is 3.63. The van der Waals surface area contributed by atoms with Gasteiger partial charge < -0.3 is 10.2 Å². The first kappa shape index (κ1) is 20.6. The third-order valence-electron chi connectivity index (χ3n) is 4.28. The third kappa shape index (κ3) is 5.45. The number of rotatable bonds is 7. The number of carbonyl (C=O) groups excluding carboxylic acids is 2. The van der Waals surface area contributed by atoms with Crippen molar-refractivity contribution in [1.82, 2.24) is 19.7 Å². The zero-order valence-corrected chi connectivity index (χ0v) is 17.4. The van der Waals surface area contributed by atoms with E-state index in [4.69, 9.17) is 0 Å². The molecule has 2 amide bonds. The van der Waals surface area contributed by atoms with Crippen LogP contribution >= 0.6 is 11.8 Å². The van der Waals surface area contributed by atoms with E-state index in [0.29, 0.717) is 10.8 Å². The Morgan fingerprint density at radius 3 is 2.41 bits per heavy atom. The van der Waals surface area contributed by atoms with Gasteiger partial charge in [0, 0.05) is 18.4 Å². The lowest BCUT2D eigenvalue weighted by atomic mass is 10.2. The van der Waals surface area contributed by atoms with Crippen LogP contribution in [-0.2, 0) is 9.59 Å². The molecule has 0 saturated heterocycles. The molecule has 0 bridgehead atoms. The molecule has 0 saturated carbocycles. The lowest BCUT2D eigenvalue weighted by Crippen LogP contribution is -2.36. The first-order valence-electron chi connectivity index (χ1n) is 9.15. The number of aryl methyl sites for hydroxylation is 2. The average molecular weight is 410 g/mol. The first-order chi connectivity index (χ1) is 13.9. The van der Waals surface area contributed by atoms with Gasteiger partial charge in [-0.3, -0.25) is 14.2 Å². The number of anilines is 1. The van der Waals surface area contributed by atoms with E-state index in [1.165, 1.54) is 16.7 Å². The summed E-state index contributed by atoms with van der Waals surface area (Å²) >= 11 is 1.30. The predicted octanol–water partition coefficient (Wildman–Crippen LogP) is 3.07. The van der Waals surface area contributed by atoms with Crippen LogP contribution < -0.4 is 5.32 Å². The van der Waals surface area contributed by atoms with Crippen molar-refractivity contribution in [3.8, 4) is 5.69 Å². The lowest BCUT2D eigenvalue weighted by molar-refractivity contribution is -0.131. The van der Waals surface area contributed by atoms with Crippen molar-refractivity contribution < 1.29 is 9.59 Å². The average Bonchev–Trinajstić information content (AvgIpc) is 3.08. The first-order valence-corrected chi connectivity index (χ1v) is 10.1. The van der Waals surface area contributed by atoms with Gasteiger partial charge in [0.2, 0.25) is 11.8 Å². The lowest BCUT2D eigenvalue weighted by Gasteiger charge is -2.17. The molecule has 3 rings (SSSR count). The van der Waals surface area contributed by atoms with Gasteiger partial charge in [0.05, 0.1) is 12.3 Å². The molecule has 0 aliphatic carbocycles. The van der Waals surface area contributed by atoms with Gasteiger partial charge in [-0.1, -0.05) is 47.7 Å². The van der Waals surface area contributed by atoms with E-state index in [1.54, 1.807) is 7.05 Å². The molecule has 0 spiro atoms. The molecule has 1 N–H and O–H groups in total. The number of likely N-dealkylation sites (N-methyl/N-ethyl adjacent to an activating group) is 1. The van der Waals surface area contributed by atoms with Crippen LogP contribution in [0.3, 0.4) is 0 Å². The molecule has 1 heterocycles. The molecule has 0 aliphatic heterocycles. The van der Waals surface area contributed by atoms with Crippen LogP contribution in [0.5, 0.6) is 0 Å². The Labute approximate surface area is 174 Å². The standard InChI is InChI=1S/C21H23N5O2S/c1-15-9-11-17(12-10-15)22-19(27)13-25(3)20(28)14-29-21-24-23-16(2)26(21)18-7-5-4-6-8-18/h4-12H,13-14H2,1-3H3,(H,22,27). The highest BCUT2D eigenvalue weighted by Gasteiger charge is 2.17. The largest absolute Gasteiger partial charge is 0.336 e. The van der Waals surface area contributed by atoms with Crippen LogP contribution in [0.4, 0.5) is 5.69 Å². The molecule has 2 aromatic carbocycles. The molecule has 0 aliphatic rings. The van der Waals surface area contributed by atoms with Gasteiger partial charge in [-0.2, -0.15) is 0 Å². The quantitative estimate of drug-likeness (QED) is 0.607. The molecule has 0 atom stereocenters. The van der Waals surface area contributed by atoms with Crippen molar-refractivity contribution in [2.24, 2.45) is 0 Å². The molecular weight excluding hydrogens is 386 g/mol. The summed E-state index contributed by atoms with van der Waals surface area (Å²) in [7, 11) is 1.62. The Bertz CT molecular complexity index is 986. The number of para-hydroxylation sites is 1. The molecule has 3 aromatic rings. The molecule has 150 valence electrons.